The number of nitrogens with two attached hydrogens (primary N) is 6. The SMILES string of the molecule is CC(C)(O)Cn1cc2c(n1)CN([C@H]1CO[C@H](c3cc(F)ccc3F)[C@@H](N)C1)C2.CC(C)(O)Cn1ncc2c1CN([C@H]1CO[C@H](c3cc(F)ccc3F)[C@@H](N)C1)C2.NC(=O)CCn1ncc2c1CN([C@H]1CO[C@H](c3cc(F)c(F)cc3F)[C@@H](N)C1)C2.N[C@H]1C[C@@H](N2Cc3[nH]nc(CO)c3C2)CO[C@@H]1c1cc(F)ccc1F.N[C@H]1C[C@@H](N2Cc3cnn(C[C@@H](O)C(F)(F)F)c3C2)CO[C@@H]1c1cc(F)ccc1F. The van der Waals surface area contributed by atoms with E-state index in [-0.39, 0.29) is 90.2 Å². The number of ether oxygens (including phenoxy) is 5. The molecule has 16 atom stereocenters. The van der Waals surface area contributed by atoms with E-state index in [1.54, 1.807) is 43.3 Å². The van der Waals surface area contributed by atoms with Gasteiger partial charge in [-0.05, 0) is 139 Å². The molecular weight excluding hydrogens is 1860 g/mol. The number of nitrogens with one attached hydrogen (secondary N) is 1. The van der Waals surface area contributed by atoms with Crippen molar-refractivity contribution in [2.75, 3.05) is 33.0 Å². The van der Waals surface area contributed by atoms with Gasteiger partial charge < -0.3 is 78.5 Å². The lowest BCUT2D eigenvalue weighted by molar-refractivity contribution is -0.208. The highest BCUT2D eigenvalue weighted by atomic mass is 19.4. The molecular formula is C95H115F14N21O10. The molecule has 5 aromatic heterocycles. The van der Waals surface area contributed by atoms with Crippen LogP contribution in [0, 0.1) is 64.0 Å². The zero-order valence-electron chi connectivity index (χ0n) is 77.3. The average molecular weight is 1980 g/mol. The van der Waals surface area contributed by atoms with Gasteiger partial charge >= 0.3 is 6.18 Å². The van der Waals surface area contributed by atoms with Gasteiger partial charge in [0, 0.05) is 200 Å². The predicted octanol–water partition coefficient (Wildman–Crippen LogP) is 9.17. The first kappa shape index (κ1) is 103. The van der Waals surface area contributed by atoms with E-state index in [1.165, 1.54) is 10.9 Å². The fourth-order valence-electron chi connectivity index (χ4n) is 20.2. The molecule has 5 saturated heterocycles. The molecule has 17 N–H and O–H groups in total. The van der Waals surface area contributed by atoms with Gasteiger partial charge in [0.1, 0.15) is 82.9 Å². The Morgan fingerprint density at radius 2 is 0.793 bits per heavy atom. The smallest absolute Gasteiger partial charge is 0.390 e. The molecule has 140 heavy (non-hydrogen) atoms. The van der Waals surface area contributed by atoms with Crippen LogP contribution >= 0.6 is 0 Å². The molecule has 0 bridgehead atoms. The molecule has 5 fully saturated rings. The standard InChI is InChI=1S/2C20H26F2N4O2.C19H21F5N4O2.C19H22F3N5O2.C17H20F2N4O2/c1-20(2,27)11-26-8-12-7-25(9-18(12)24-26)14-6-17(23)19(28-10-14)15-5-13(21)3-4-16(15)22;1-20(2,27)11-26-18-9-25(8-12(18)7-24-26)14-6-17(23)19(28-10-14)15-5-13(21)3-4-16(15)22;20-11-1-2-14(21)13(3-11)18-15(25)4-12(9-30-18)27-6-10-5-26-28(16(10)7-27)8-17(29)19(22,23)24;20-13-5-15(22)14(21)4-12(13)19-16(23)3-11(9-29-19)26-7-10-6-25-27(17(10)8-26)2-1-18(24)28;18-9-1-2-13(19)11(3-9)17-14(20)4-10(8-25-17)23-5-12-15(6-23)21-22-16(12)7-24/h3-5,8,14,17,19,27H,6-7,9-11,23H2,1-2H3;3-5,7,14,17,19,27H,6,8-11,23H2,1-2H3;1-3,5,12,15,17-18,29H,4,6-9,25H2;4-6,11,16,19H,1-3,7-9,23H2,(H2,24,28);1-3,10,14,17,24H,4-8,20H2,(H,21,22)/t2*14-,17+,19-;12-,15+,17-,18-;11-,16+,19-;10-,14+,17-/m11111/s1. The number of aliphatic hydroxyl groups excluding tert-OH is 2. The van der Waals surface area contributed by atoms with Crippen molar-refractivity contribution in [2.45, 2.75) is 279 Å². The molecule has 31 nitrogen and oxygen atoms in total. The van der Waals surface area contributed by atoms with E-state index in [4.69, 9.17) is 58.1 Å². The third-order valence-electron chi connectivity index (χ3n) is 27.2. The molecule has 5 aromatic carbocycles. The number of H-pyrrole nitrogens is 1. The van der Waals surface area contributed by atoms with Crippen molar-refractivity contribution in [3.63, 3.8) is 0 Å². The van der Waals surface area contributed by atoms with E-state index in [9.17, 15) is 86.7 Å². The van der Waals surface area contributed by atoms with E-state index in [0.717, 1.165) is 143 Å². The minimum absolute atomic E-state index is 0.00778. The Bertz CT molecular complexity index is 5990. The topological polar surface area (TPSA) is 416 Å². The average Bonchev–Trinajstić information content (AvgIpc) is 1.63. The van der Waals surface area contributed by atoms with Gasteiger partial charge in [0.15, 0.2) is 17.7 Å². The van der Waals surface area contributed by atoms with Crippen molar-refractivity contribution in [2.24, 2.45) is 34.4 Å². The second-order valence-corrected chi connectivity index (χ2v) is 38.9. The van der Waals surface area contributed by atoms with E-state index < -0.39 is 155 Å². The van der Waals surface area contributed by atoms with E-state index in [2.05, 4.69) is 50.2 Å². The number of hydrogen-bond donors (Lipinski definition) is 11. The Kier molecular flexibility index (Phi) is 31.4. The van der Waals surface area contributed by atoms with Gasteiger partial charge in [-0.25, -0.2) is 48.3 Å². The molecule has 10 aliphatic heterocycles. The number of nitrogens with zero attached hydrogens (tertiary/aromatic N) is 14. The minimum atomic E-state index is -4.72. The number of aromatic nitrogens is 10. The summed E-state index contributed by atoms with van der Waals surface area (Å²) in [5.41, 5.74) is 45.8. The maximum absolute atomic E-state index is 14.1. The van der Waals surface area contributed by atoms with Crippen LogP contribution in [0.25, 0.3) is 0 Å². The van der Waals surface area contributed by atoms with Crippen LogP contribution in [0.1, 0.15) is 187 Å². The lowest BCUT2D eigenvalue weighted by Crippen LogP contribution is -2.48. The highest BCUT2D eigenvalue weighted by Gasteiger charge is 2.46. The third-order valence-corrected chi connectivity index (χ3v) is 27.2. The van der Waals surface area contributed by atoms with Gasteiger partial charge in [0.25, 0.3) is 0 Å². The van der Waals surface area contributed by atoms with Crippen molar-refractivity contribution in [1.82, 2.24) is 73.8 Å². The van der Waals surface area contributed by atoms with Crippen LogP contribution in [-0.2, 0) is 127 Å². The Balaban J connectivity index is 0.000000126. The second-order valence-electron chi connectivity index (χ2n) is 38.9. The van der Waals surface area contributed by atoms with Gasteiger partial charge in [-0.15, -0.1) is 0 Å². The summed E-state index contributed by atoms with van der Waals surface area (Å²) >= 11 is 0. The van der Waals surface area contributed by atoms with Crippen molar-refractivity contribution >= 4 is 5.91 Å². The van der Waals surface area contributed by atoms with Crippen LogP contribution in [0.15, 0.2) is 110 Å². The number of rotatable bonds is 20. The summed E-state index contributed by atoms with van der Waals surface area (Å²) in [5, 5.41) is 62.9. The number of halogens is 14. The van der Waals surface area contributed by atoms with Crippen molar-refractivity contribution < 1.29 is 110 Å². The van der Waals surface area contributed by atoms with Crippen LogP contribution in [0.5, 0.6) is 0 Å². The molecule has 0 spiro atoms. The van der Waals surface area contributed by atoms with Crippen molar-refractivity contribution in [1.29, 1.82) is 0 Å². The van der Waals surface area contributed by atoms with Crippen LogP contribution in [0.4, 0.5) is 61.5 Å². The van der Waals surface area contributed by atoms with Crippen LogP contribution in [-0.4, -0.2) is 217 Å². The quantitative estimate of drug-likeness (QED) is 0.0250. The number of amides is 1. The number of carbonyl (C=O) groups excluding carboxylic acids is 1. The zero-order chi connectivity index (χ0) is 100.0. The Hall–Kier alpha value is -10.1. The van der Waals surface area contributed by atoms with Gasteiger partial charge in [0.05, 0.1) is 130 Å². The molecule has 1 amide bonds. The van der Waals surface area contributed by atoms with E-state index in [0.29, 0.717) is 141 Å². The molecule has 0 saturated carbocycles. The fourth-order valence-corrected chi connectivity index (χ4v) is 20.2. The van der Waals surface area contributed by atoms with Gasteiger partial charge in [0.2, 0.25) is 5.91 Å². The number of fused-ring (bicyclic) bond motifs is 5. The molecule has 0 radical (unpaired) electrons. The molecule has 0 aliphatic carbocycles. The number of carbonyl (C=O) groups is 1. The van der Waals surface area contributed by atoms with Crippen LogP contribution in [0.2, 0.25) is 0 Å². The van der Waals surface area contributed by atoms with Gasteiger partial charge in [-0.3, -0.25) is 53.1 Å². The summed E-state index contributed by atoms with van der Waals surface area (Å²) in [7, 11) is 0. The summed E-state index contributed by atoms with van der Waals surface area (Å²) in [6.07, 6.45) is -0.631. The van der Waals surface area contributed by atoms with Gasteiger partial charge in [-0.1, -0.05) is 0 Å². The first-order valence-corrected chi connectivity index (χ1v) is 46.2. The Labute approximate surface area is 796 Å². The van der Waals surface area contributed by atoms with E-state index >= 15 is 0 Å². The predicted molar refractivity (Wildman–Crippen MR) is 475 cm³/mol. The van der Waals surface area contributed by atoms with E-state index in [1.807, 2.05) is 22.0 Å². The van der Waals surface area contributed by atoms with Crippen LogP contribution < -0.4 is 34.4 Å². The fraction of sp³-hybridized carbons (Fsp3) is 0.516. The van der Waals surface area contributed by atoms with Crippen molar-refractivity contribution in [3.05, 3.63) is 264 Å². The van der Waals surface area contributed by atoms with Gasteiger partial charge in [-0.2, -0.15) is 38.7 Å². The first-order valence-electron chi connectivity index (χ1n) is 46.2. The number of hydrogen-bond acceptors (Lipinski definition) is 25. The third kappa shape index (κ3) is 23.8. The monoisotopic (exact) mass is 1980 g/mol. The lowest BCUT2D eigenvalue weighted by Gasteiger charge is -2.38. The molecule has 10 aromatic rings. The maximum atomic E-state index is 14.1. The maximum Gasteiger partial charge on any atom is 0.416 e. The highest BCUT2D eigenvalue weighted by Crippen LogP contribution is 2.43. The summed E-state index contributed by atoms with van der Waals surface area (Å²) in [6.45, 7) is 15.5. The largest absolute Gasteiger partial charge is 0.416 e. The summed E-state index contributed by atoms with van der Waals surface area (Å²) in [6, 6.07) is 12.2. The Morgan fingerprint density at radius 3 is 1.16 bits per heavy atom. The molecule has 15 heterocycles. The lowest BCUT2D eigenvalue weighted by atomic mass is 9.93. The molecule has 0 unspecified atom stereocenters. The molecule has 45 heteroatoms. The van der Waals surface area contributed by atoms with Crippen molar-refractivity contribution in [3.8, 4) is 0 Å². The molecule has 20 rings (SSSR count). The second kappa shape index (κ2) is 42.8. The number of aromatic amines is 1. The number of aryl methyl sites for hydroxylation is 1. The number of aliphatic hydroxyl groups is 4. The molecule has 10 aliphatic rings. The normalized spacial score (nSPS) is 25.8. The number of primary amides is 1. The van der Waals surface area contributed by atoms with Crippen LogP contribution in [0.3, 0.4) is 0 Å². The summed E-state index contributed by atoms with van der Waals surface area (Å²) in [5.74, 6) is -7.80. The highest BCUT2D eigenvalue weighted by molar-refractivity contribution is 5.73. The first-order chi connectivity index (χ1) is 66.4. The molecule has 758 valence electrons. The number of benzene rings is 5. The minimum Gasteiger partial charge on any atom is -0.390 e. The number of alkyl halides is 3. The zero-order valence-corrected chi connectivity index (χ0v) is 77.3. The summed E-state index contributed by atoms with van der Waals surface area (Å²) < 4.78 is 225. The Morgan fingerprint density at radius 1 is 0.443 bits per heavy atom. The summed E-state index contributed by atoms with van der Waals surface area (Å²) in [4.78, 5) is 21.9.